The number of hydrogen-bond acceptors (Lipinski definition) is 3. The third-order valence-corrected chi connectivity index (χ3v) is 2.74. The molecule has 0 aromatic carbocycles. The van der Waals surface area contributed by atoms with E-state index in [9.17, 15) is 0 Å². The lowest BCUT2D eigenvalue weighted by atomic mass is 10.0. The van der Waals surface area contributed by atoms with Gasteiger partial charge in [0.05, 0.1) is 6.61 Å². The Hall–Kier alpha value is -0.120. The van der Waals surface area contributed by atoms with Crippen molar-refractivity contribution < 1.29 is 4.74 Å². The van der Waals surface area contributed by atoms with Gasteiger partial charge in [0.15, 0.2) is 0 Å². The monoisotopic (exact) mass is 200 g/mol. The molecular formula is C11H24N2O. The summed E-state index contributed by atoms with van der Waals surface area (Å²) in [6, 6.07) is 0. The van der Waals surface area contributed by atoms with Crippen molar-refractivity contribution in [2.24, 2.45) is 0 Å². The van der Waals surface area contributed by atoms with E-state index in [1.165, 1.54) is 19.4 Å². The number of hydrogen-bond donors (Lipinski definition) is 1. The molecule has 84 valence electrons. The third-order valence-electron chi connectivity index (χ3n) is 2.74. The summed E-state index contributed by atoms with van der Waals surface area (Å²) in [7, 11) is 1.77. The van der Waals surface area contributed by atoms with Crippen molar-refractivity contribution in [3.8, 4) is 0 Å². The van der Waals surface area contributed by atoms with Crippen LogP contribution in [0.1, 0.15) is 26.7 Å². The van der Waals surface area contributed by atoms with Gasteiger partial charge in [0.25, 0.3) is 0 Å². The van der Waals surface area contributed by atoms with Crippen LogP contribution in [0.25, 0.3) is 0 Å². The van der Waals surface area contributed by atoms with Crippen LogP contribution >= 0.6 is 0 Å². The number of rotatable bonds is 3. The Morgan fingerprint density at radius 3 is 2.86 bits per heavy atom. The molecule has 1 aliphatic rings. The van der Waals surface area contributed by atoms with Crippen LogP contribution < -0.4 is 5.32 Å². The van der Waals surface area contributed by atoms with Crippen LogP contribution in [0.5, 0.6) is 0 Å². The quantitative estimate of drug-likeness (QED) is 0.738. The van der Waals surface area contributed by atoms with Gasteiger partial charge in [-0.05, 0) is 39.8 Å². The van der Waals surface area contributed by atoms with Gasteiger partial charge in [-0.3, -0.25) is 4.90 Å². The van der Waals surface area contributed by atoms with Crippen molar-refractivity contribution in [3.05, 3.63) is 0 Å². The smallest absolute Gasteiger partial charge is 0.0589 e. The Morgan fingerprint density at radius 2 is 2.14 bits per heavy atom. The van der Waals surface area contributed by atoms with E-state index >= 15 is 0 Å². The number of nitrogens with one attached hydrogen (secondary N) is 1. The summed E-state index contributed by atoms with van der Waals surface area (Å²) in [6.07, 6.45) is 2.58. The van der Waals surface area contributed by atoms with Gasteiger partial charge in [-0.2, -0.15) is 0 Å². The number of methoxy groups -OCH3 is 1. The lowest BCUT2D eigenvalue weighted by Crippen LogP contribution is -2.51. The molecule has 0 aromatic heterocycles. The molecular weight excluding hydrogens is 176 g/mol. The maximum atomic E-state index is 5.12. The van der Waals surface area contributed by atoms with E-state index in [1.54, 1.807) is 7.11 Å². The Labute approximate surface area is 87.8 Å². The van der Waals surface area contributed by atoms with Gasteiger partial charge in [-0.25, -0.2) is 0 Å². The van der Waals surface area contributed by atoms with Crippen molar-refractivity contribution in [1.82, 2.24) is 10.2 Å². The zero-order valence-corrected chi connectivity index (χ0v) is 9.81. The first-order chi connectivity index (χ1) is 6.64. The zero-order valence-electron chi connectivity index (χ0n) is 9.81. The Morgan fingerprint density at radius 1 is 1.36 bits per heavy atom. The fourth-order valence-corrected chi connectivity index (χ4v) is 1.99. The number of nitrogens with zero attached hydrogens (tertiary/aromatic N) is 1. The first kappa shape index (κ1) is 12.0. The SMILES string of the molecule is COCCN1CCCCNC(C)(C)C1. The van der Waals surface area contributed by atoms with Gasteiger partial charge in [0.1, 0.15) is 0 Å². The fraction of sp³-hybridized carbons (Fsp3) is 1.00. The molecule has 1 fully saturated rings. The van der Waals surface area contributed by atoms with E-state index in [0.29, 0.717) is 0 Å². The van der Waals surface area contributed by atoms with Gasteiger partial charge in [-0.1, -0.05) is 0 Å². The maximum absolute atomic E-state index is 5.12. The Kier molecular flexibility index (Phi) is 4.85. The Balaban J connectivity index is 2.38. The molecule has 0 bridgehead atoms. The molecule has 1 saturated heterocycles. The van der Waals surface area contributed by atoms with Crippen LogP contribution in [0.15, 0.2) is 0 Å². The second kappa shape index (κ2) is 5.69. The van der Waals surface area contributed by atoms with E-state index in [2.05, 4.69) is 24.1 Å². The molecule has 0 amide bonds. The maximum Gasteiger partial charge on any atom is 0.0589 e. The molecule has 0 spiro atoms. The van der Waals surface area contributed by atoms with Crippen LogP contribution in [0, 0.1) is 0 Å². The summed E-state index contributed by atoms with van der Waals surface area (Å²) in [6.45, 7) is 9.95. The largest absolute Gasteiger partial charge is 0.383 e. The minimum absolute atomic E-state index is 0.244. The minimum Gasteiger partial charge on any atom is -0.383 e. The van der Waals surface area contributed by atoms with Crippen LogP contribution in [-0.2, 0) is 4.74 Å². The average Bonchev–Trinajstić information content (AvgIpc) is 2.09. The van der Waals surface area contributed by atoms with Gasteiger partial charge in [-0.15, -0.1) is 0 Å². The molecule has 0 atom stereocenters. The highest BCUT2D eigenvalue weighted by Crippen LogP contribution is 2.10. The highest BCUT2D eigenvalue weighted by atomic mass is 16.5. The fourth-order valence-electron chi connectivity index (χ4n) is 1.99. The Bertz CT molecular complexity index is 157. The lowest BCUT2D eigenvalue weighted by Gasteiger charge is -2.35. The molecule has 1 aliphatic heterocycles. The average molecular weight is 200 g/mol. The zero-order chi connectivity index (χ0) is 10.4. The van der Waals surface area contributed by atoms with Crippen molar-refractivity contribution in [2.75, 3.05) is 39.9 Å². The van der Waals surface area contributed by atoms with Crippen LogP contribution in [-0.4, -0.2) is 50.3 Å². The van der Waals surface area contributed by atoms with Crippen molar-refractivity contribution in [3.63, 3.8) is 0 Å². The van der Waals surface area contributed by atoms with Crippen molar-refractivity contribution >= 4 is 0 Å². The predicted octanol–water partition coefficient (Wildman–Crippen LogP) is 1.10. The highest BCUT2D eigenvalue weighted by molar-refractivity contribution is 4.83. The topological polar surface area (TPSA) is 24.5 Å². The summed E-state index contributed by atoms with van der Waals surface area (Å²) in [4.78, 5) is 2.50. The number of ether oxygens (including phenoxy) is 1. The van der Waals surface area contributed by atoms with Gasteiger partial charge in [0, 0.05) is 25.7 Å². The summed E-state index contributed by atoms with van der Waals surface area (Å²) < 4.78 is 5.12. The first-order valence-corrected chi connectivity index (χ1v) is 5.60. The lowest BCUT2D eigenvalue weighted by molar-refractivity contribution is 0.120. The second-order valence-corrected chi connectivity index (χ2v) is 4.79. The summed E-state index contributed by atoms with van der Waals surface area (Å²) in [5, 5.41) is 3.58. The van der Waals surface area contributed by atoms with Gasteiger partial charge >= 0.3 is 0 Å². The molecule has 0 aliphatic carbocycles. The molecule has 1 N–H and O–H groups in total. The van der Waals surface area contributed by atoms with Crippen molar-refractivity contribution in [2.45, 2.75) is 32.2 Å². The summed E-state index contributed by atoms with van der Waals surface area (Å²) in [5.74, 6) is 0. The van der Waals surface area contributed by atoms with E-state index in [0.717, 1.165) is 26.2 Å². The van der Waals surface area contributed by atoms with Gasteiger partial charge in [0.2, 0.25) is 0 Å². The molecule has 3 nitrogen and oxygen atoms in total. The highest BCUT2D eigenvalue weighted by Gasteiger charge is 2.22. The molecule has 0 unspecified atom stereocenters. The van der Waals surface area contributed by atoms with E-state index in [1.807, 2.05) is 0 Å². The summed E-state index contributed by atoms with van der Waals surface area (Å²) >= 11 is 0. The standard InChI is InChI=1S/C11H24N2O/c1-11(2)10-13(8-9-14-3)7-5-4-6-12-11/h12H,4-10H2,1-3H3. The molecule has 0 saturated carbocycles. The minimum atomic E-state index is 0.244. The van der Waals surface area contributed by atoms with Crippen LogP contribution in [0.3, 0.4) is 0 Å². The normalized spacial score (nSPS) is 24.2. The first-order valence-electron chi connectivity index (χ1n) is 5.60. The van der Waals surface area contributed by atoms with Gasteiger partial charge < -0.3 is 10.1 Å². The summed E-state index contributed by atoms with van der Waals surface area (Å²) in [5.41, 5.74) is 0.244. The van der Waals surface area contributed by atoms with Crippen LogP contribution in [0.4, 0.5) is 0 Å². The van der Waals surface area contributed by atoms with Crippen LogP contribution in [0.2, 0.25) is 0 Å². The third kappa shape index (κ3) is 4.40. The van der Waals surface area contributed by atoms with E-state index in [4.69, 9.17) is 4.74 Å². The van der Waals surface area contributed by atoms with E-state index in [-0.39, 0.29) is 5.54 Å². The molecule has 3 heteroatoms. The molecule has 1 rings (SSSR count). The van der Waals surface area contributed by atoms with Crippen molar-refractivity contribution in [1.29, 1.82) is 0 Å². The molecule has 14 heavy (non-hydrogen) atoms. The molecule has 1 heterocycles. The second-order valence-electron chi connectivity index (χ2n) is 4.79. The predicted molar refractivity (Wildman–Crippen MR) is 59.6 cm³/mol. The molecule has 0 radical (unpaired) electrons. The molecule has 0 aromatic rings. The van der Waals surface area contributed by atoms with E-state index < -0.39 is 0 Å².